The molecular weight excluding hydrogens is 526 g/mol. The highest BCUT2D eigenvalue weighted by atomic mass is 32.2. The minimum absolute atomic E-state index is 0.202. The maximum atomic E-state index is 13.1. The summed E-state index contributed by atoms with van der Waals surface area (Å²) in [5.74, 6) is 1.73. The van der Waals surface area contributed by atoms with E-state index >= 15 is 0 Å². The molecule has 0 radical (unpaired) electrons. The first-order chi connectivity index (χ1) is 19.2. The summed E-state index contributed by atoms with van der Waals surface area (Å²) >= 11 is 1.46. The van der Waals surface area contributed by atoms with Crippen molar-refractivity contribution in [3.63, 3.8) is 0 Å². The summed E-state index contributed by atoms with van der Waals surface area (Å²) in [5, 5.41) is 12.2. The van der Waals surface area contributed by atoms with Gasteiger partial charge in [0.2, 0.25) is 0 Å². The maximum absolute atomic E-state index is 13.1. The third-order valence-electron chi connectivity index (χ3n) is 6.02. The lowest BCUT2D eigenvalue weighted by molar-refractivity contribution is 0.262. The van der Waals surface area contributed by atoms with Gasteiger partial charge in [0.1, 0.15) is 17.2 Å². The second kappa shape index (κ2) is 11.2. The monoisotopic (exact) mass is 555 g/mol. The number of hydrogen-bond donors (Lipinski definition) is 2. The quantitative estimate of drug-likeness (QED) is 0.224. The Kier molecular flexibility index (Phi) is 7.56. The fraction of sp³-hybridized carbons (Fsp3) is 0.207. The van der Waals surface area contributed by atoms with E-state index in [9.17, 15) is 4.79 Å². The van der Waals surface area contributed by atoms with Gasteiger partial charge in [0.25, 0.3) is 0 Å². The standard InChI is InChI=1S/C29H29N7O3S/c1-29(2,3)25-15-26(36(35-25)19-9-7-11-30-16-19)34-28(37)33-18-8-6-10-20(12-18)40-27-21-13-23(38-4)24(39-5)14-22(21)31-17-32-27/h6-17H,1-5H3,(H2,33,34,37). The van der Waals surface area contributed by atoms with Gasteiger partial charge in [-0.3, -0.25) is 10.3 Å². The molecule has 5 aromatic rings. The van der Waals surface area contributed by atoms with E-state index in [0.29, 0.717) is 23.0 Å². The molecule has 2 aromatic carbocycles. The lowest BCUT2D eigenvalue weighted by Crippen LogP contribution is -2.21. The highest BCUT2D eigenvalue weighted by molar-refractivity contribution is 7.99. The van der Waals surface area contributed by atoms with Crippen molar-refractivity contribution in [3.8, 4) is 17.2 Å². The van der Waals surface area contributed by atoms with Crippen LogP contribution in [0.1, 0.15) is 26.5 Å². The van der Waals surface area contributed by atoms with Gasteiger partial charge >= 0.3 is 6.03 Å². The van der Waals surface area contributed by atoms with Crippen LogP contribution in [0.5, 0.6) is 11.5 Å². The number of pyridine rings is 1. The van der Waals surface area contributed by atoms with Crippen molar-refractivity contribution in [1.82, 2.24) is 24.7 Å². The van der Waals surface area contributed by atoms with Crippen LogP contribution in [0.15, 0.2) is 83.2 Å². The predicted molar refractivity (Wildman–Crippen MR) is 156 cm³/mol. The summed E-state index contributed by atoms with van der Waals surface area (Å²) < 4.78 is 12.5. The molecule has 3 heterocycles. The highest BCUT2D eigenvalue weighted by Crippen LogP contribution is 2.37. The molecule has 0 atom stereocenters. The first-order valence-corrected chi connectivity index (χ1v) is 13.3. The second-order valence-electron chi connectivity index (χ2n) is 9.90. The Morgan fingerprint density at radius 1 is 0.950 bits per heavy atom. The van der Waals surface area contributed by atoms with Gasteiger partial charge < -0.3 is 14.8 Å². The Bertz CT molecular complexity index is 1670. The van der Waals surface area contributed by atoms with E-state index in [1.165, 1.54) is 18.1 Å². The number of amides is 2. The Balaban J connectivity index is 1.36. The number of carbonyl (C=O) groups is 1. The Hall–Kier alpha value is -4.64. The van der Waals surface area contributed by atoms with Gasteiger partial charge in [-0.1, -0.05) is 38.6 Å². The smallest absolute Gasteiger partial charge is 0.324 e. The topological polar surface area (TPSA) is 116 Å². The van der Waals surface area contributed by atoms with E-state index in [4.69, 9.17) is 14.6 Å². The van der Waals surface area contributed by atoms with Crippen LogP contribution in [0.25, 0.3) is 16.6 Å². The van der Waals surface area contributed by atoms with Crippen molar-refractivity contribution in [1.29, 1.82) is 0 Å². The normalized spacial score (nSPS) is 11.3. The average Bonchev–Trinajstić information content (AvgIpc) is 3.37. The number of hydrogen-bond acceptors (Lipinski definition) is 8. The van der Waals surface area contributed by atoms with Gasteiger partial charge in [-0.15, -0.1) is 0 Å². The Labute approximate surface area is 236 Å². The molecular formula is C29H29N7O3S. The van der Waals surface area contributed by atoms with Crippen molar-refractivity contribution in [3.05, 3.63) is 79.0 Å². The molecule has 0 aliphatic carbocycles. The fourth-order valence-electron chi connectivity index (χ4n) is 3.98. The van der Waals surface area contributed by atoms with Crippen molar-refractivity contribution in [2.75, 3.05) is 24.9 Å². The van der Waals surface area contributed by atoms with Gasteiger partial charge in [-0.25, -0.2) is 19.4 Å². The van der Waals surface area contributed by atoms with Crippen molar-refractivity contribution >= 4 is 40.2 Å². The highest BCUT2D eigenvalue weighted by Gasteiger charge is 2.22. The molecule has 3 aromatic heterocycles. The van der Waals surface area contributed by atoms with Crippen LogP contribution >= 0.6 is 11.8 Å². The zero-order valence-electron chi connectivity index (χ0n) is 22.8. The van der Waals surface area contributed by atoms with E-state index in [1.807, 2.05) is 54.6 Å². The minimum atomic E-state index is -0.392. The number of benzene rings is 2. The maximum Gasteiger partial charge on any atom is 0.324 e. The van der Waals surface area contributed by atoms with Crippen LogP contribution in [-0.2, 0) is 5.41 Å². The zero-order chi connectivity index (χ0) is 28.3. The summed E-state index contributed by atoms with van der Waals surface area (Å²) in [4.78, 5) is 27.0. The van der Waals surface area contributed by atoms with Crippen molar-refractivity contribution in [2.24, 2.45) is 0 Å². The first-order valence-electron chi connectivity index (χ1n) is 12.5. The van der Waals surface area contributed by atoms with Crippen LogP contribution in [0.4, 0.5) is 16.3 Å². The number of rotatable bonds is 7. The lowest BCUT2D eigenvalue weighted by atomic mass is 9.92. The van der Waals surface area contributed by atoms with Gasteiger partial charge in [0, 0.05) is 39.7 Å². The predicted octanol–water partition coefficient (Wildman–Crippen LogP) is 6.32. The number of fused-ring (bicyclic) bond motifs is 1. The summed E-state index contributed by atoms with van der Waals surface area (Å²) in [6.45, 7) is 6.22. The molecule has 5 rings (SSSR count). The number of anilines is 2. The molecule has 2 N–H and O–H groups in total. The summed E-state index contributed by atoms with van der Waals surface area (Å²) in [6.07, 6.45) is 4.91. The van der Waals surface area contributed by atoms with E-state index in [-0.39, 0.29) is 5.41 Å². The van der Waals surface area contributed by atoms with Gasteiger partial charge in [-0.05, 0) is 36.4 Å². The fourth-order valence-corrected chi connectivity index (χ4v) is 4.91. The number of methoxy groups -OCH3 is 2. The molecule has 0 spiro atoms. The number of carbonyl (C=O) groups excluding carboxylic acids is 1. The van der Waals surface area contributed by atoms with Crippen molar-refractivity contribution < 1.29 is 14.3 Å². The molecule has 11 heteroatoms. The van der Waals surface area contributed by atoms with E-state index in [0.717, 1.165) is 32.2 Å². The van der Waals surface area contributed by atoms with Crippen LogP contribution in [0.3, 0.4) is 0 Å². The molecule has 10 nitrogen and oxygen atoms in total. The largest absolute Gasteiger partial charge is 0.493 e. The van der Waals surface area contributed by atoms with E-state index in [2.05, 4.69) is 46.4 Å². The Morgan fingerprint density at radius 3 is 2.48 bits per heavy atom. The summed E-state index contributed by atoms with van der Waals surface area (Å²) in [7, 11) is 3.18. The van der Waals surface area contributed by atoms with Crippen LogP contribution < -0.4 is 20.1 Å². The van der Waals surface area contributed by atoms with Crippen molar-refractivity contribution in [2.45, 2.75) is 36.1 Å². The number of urea groups is 1. The lowest BCUT2D eigenvalue weighted by Gasteiger charge is -2.14. The second-order valence-corrected chi connectivity index (χ2v) is 11.0. The van der Waals surface area contributed by atoms with Crippen LogP contribution in [0, 0.1) is 0 Å². The van der Waals surface area contributed by atoms with E-state index < -0.39 is 6.03 Å². The van der Waals surface area contributed by atoms with Gasteiger partial charge in [0.05, 0.1) is 37.3 Å². The number of nitrogens with one attached hydrogen (secondary N) is 2. The summed E-state index contributed by atoms with van der Waals surface area (Å²) in [6, 6.07) is 16.4. The molecule has 40 heavy (non-hydrogen) atoms. The molecule has 0 fully saturated rings. The van der Waals surface area contributed by atoms with E-state index in [1.54, 1.807) is 31.3 Å². The van der Waals surface area contributed by atoms with Gasteiger partial charge in [-0.2, -0.15) is 5.10 Å². The molecule has 0 saturated carbocycles. The first kappa shape index (κ1) is 26.9. The minimum Gasteiger partial charge on any atom is -0.493 e. The van der Waals surface area contributed by atoms with Crippen LogP contribution in [-0.4, -0.2) is 45.0 Å². The Morgan fingerprint density at radius 2 is 1.75 bits per heavy atom. The third kappa shape index (κ3) is 5.84. The third-order valence-corrected chi connectivity index (χ3v) is 7.03. The summed E-state index contributed by atoms with van der Waals surface area (Å²) in [5.41, 5.74) is 2.76. The molecule has 0 saturated heterocycles. The van der Waals surface area contributed by atoms with Crippen LogP contribution in [0.2, 0.25) is 0 Å². The number of aromatic nitrogens is 5. The number of ether oxygens (including phenoxy) is 2. The number of nitrogens with zero attached hydrogens (tertiary/aromatic N) is 5. The molecule has 0 bridgehead atoms. The SMILES string of the molecule is COc1cc2ncnc(Sc3cccc(NC(=O)Nc4cc(C(C)(C)C)nn4-c4cccnc4)c3)c2cc1OC. The molecule has 0 aliphatic heterocycles. The molecule has 2 amide bonds. The average molecular weight is 556 g/mol. The molecule has 0 aliphatic rings. The molecule has 204 valence electrons. The molecule has 0 unspecified atom stereocenters. The van der Waals surface area contributed by atoms with Gasteiger partial charge in [0.15, 0.2) is 11.5 Å². The zero-order valence-corrected chi connectivity index (χ0v) is 23.6.